The molecule has 3 aromatic rings. The summed E-state index contributed by atoms with van der Waals surface area (Å²) in [7, 11) is 1.26. The Balaban J connectivity index is 1.77. The standard InChI is InChI=1S/C22H22O11/c1-30-20-13(32-22-19(29)18(28)17(27)14(7-23)33-22)6-12(25)15-16(26)11(8-31-21(15)20)9-2-4-10(24)5-3-9/h2-6,8,14,17-19,22-25,27-29H,7H2,1H3/t14?,17-,18?,19?,22-/m1/s1. The summed E-state index contributed by atoms with van der Waals surface area (Å²) >= 11 is 0. The van der Waals surface area contributed by atoms with Crippen molar-refractivity contribution in [3.8, 4) is 34.1 Å². The number of aliphatic hydroxyl groups excluding tert-OH is 4. The Kier molecular flexibility index (Phi) is 6.15. The molecule has 6 N–H and O–H groups in total. The fourth-order valence-corrected chi connectivity index (χ4v) is 3.65. The van der Waals surface area contributed by atoms with Crippen LogP contribution in [0.15, 0.2) is 45.8 Å². The van der Waals surface area contributed by atoms with E-state index in [1.807, 2.05) is 0 Å². The van der Waals surface area contributed by atoms with Crippen molar-refractivity contribution in [2.75, 3.05) is 13.7 Å². The van der Waals surface area contributed by atoms with Gasteiger partial charge in [-0.3, -0.25) is 4.79 Å². The molecular formula is C22H22O11. The molecule has 4 rings (SSSR count). The molecule has 0 aliphatic carbocycles. The normalized spacial score (nSPS) is 25.2. The van der Waals surface area contributed by atoms with Crippen molar-refractivity contribution in [1.29, 1.82) is 0 Å². The number of fused-ring (bicyclic) bond motifs is 1. The summed E-state index contributed by atoms with van der Waals surface area (Å²) in [5, 5.41) is 59.3. The van der Waals surface area contributed by atoms with Crippen molar-refractivity contribution in [3.63, 3.8) is 0 Å². The minimum Gasteiger partial charge on any atom is -0.508 e. The molecule has 0 spiro atoms. The van der Waals surface area contributed by atoms with Crippen molar-refractivity contribution >= 4 is 11.0 Å². The average molecular weight is 462 g/mol. The second-order valence-corrected chi connectivity index (χ2v) is 7.47. The van der Waals surface area contributed by atoms with E-state index in [0.29, 0.717) is 5.56 Å². The van der Waals surface area contributed by atoms with Crippen LogP contribution in [0.4, 0.5) is 0 Å². The topological polar surface area (TPSA) is 179 Å². The molecular weight excluding hydrogens is 440 g/mol. The second kappa shape index (κ2) is 8.89. The van der Waals surface area contributed by atoms with Crippen LogP contribution in [0.3, 0.4) is 0 Å². The molecule has 1 aliphatic rings. The number of aliphatic hydroxyl groups is 4. The van der Waals surface area contributed by atoms with Gasteiger partial charge in [0.05, 0.1) is 19.3 Å². The van der Waals surface area contributed by atoms with E-state index in [9.17, 15) is 35.4 Å². The van der Waals surface area contributed by atoms with Crippen LogP contribution in [0, 0.1) is 0 Å². The van der Waals surface area contributed by atoms with Crippen molar-refractivity contribution in [2.45, 2.75) is 30.7 Å². The Hall–Kier alpha value is -3.35. The maximum absolute atomic E-state index is 13.1. The molecule has 11 nitrogen and oxygen atoms in total. The highest BCUT2D eigenvalue weighted by Gasteiger charge is 2.45. The fraction of sp³-hybridized carbons (Fsp3) is 0.318. The largest absolute Gasteiger partial charge is 0.508 e. The molecule has 2 aromatic carbocycles. The highest BCUT2D eigenvalue weighted by molar-refractivity contribution is 5.93. The van der Waals surface area contributed by atoms with Crippen LogP contribution in [0.5, 0.6) is 23.0 Å². The molecule has 1 saturated heterocycles. The third kappa shape index (κ3) is 3.96. The first-order valence-electron chi connectivity index (χ1n) is 9.88. The zero-order valence-corrected chi connectivity index (χ0v) is 17.3. The van der Waals surface area contributed by atoms with Gasteiger partial charge in [-0.05, 0) is 17.7 Å². The van der Waals surface area contributed by atoms with Gasteiger partial charge in [-0.1, -0.05) is 12.1 Å². The predicted octanol–water partition coefficient (Wildman–Crippen LogP) is 0.0585. The van der Waals surface area contributed by atoms with Gasteiger partial charge in [0, 0.05) is 6.07 Å². The number of methoxy groups -OCH3 is 1. The van der Waals surface area contributed by atoms with Gasteiger partial charge in [0.2, 0.25) is 17.5 Å². The summed E-state index contributed by atoms with van der Waals surface area (Å²) < 4.78 is 21.8. The van der Waals surface area contributed by atoms with Crippen molar-refractivity contribution in [3.05, 3.63) is 46.8 Å². The molecule has 0 saturated carbocycles. The number of hydrogen-bond acceptors (Lipinski definition) is 11. The summed E-state index contributed by atoms with van der Waals surface area (Å²) in [4.78, 5) is 13.1. The molecule has 11 heteroatoms. The van der Waals surface area contributed by atoms with Gasteiger partial charge in [0.25, 0.3) is 0 Å². The van der Waals surface area contributed by atoms with Crippen molar-refractivity contribution in [1.82, 2.24) is 0 Å². The Morgan fingerprint density at radius 3 is 2.36 bits per heavy atom. The van der Waals surface area contributed by atoms with Gasteiger partial charge in [-0.25, -0.2) is 0 Å². The van der Waals surface area contributed by atoms with Gasteiger partial charge in [0.15, 0.2) is 11.3 Å². The van der Waals surface area contributed by atoms with Gasteiger partial charge < -0.3 is 49.3 Å². The van der Waals surface area contributed by atoms with Gasteiger partial charge >= 0.3 is 0 Å². The molecule has 3 unspecified atom stereocenters. The first kappa shape index (κ1) is 22.8. The monoisotopic (exact) mass is 462 g/mol. The fourth-order valence-electron chi connectivity index (χ4n) is 3.65. The van der Waals surface area contributed by atoms with E-state index in [0.717, 1.165) is 12.3 Å². The summed E-state index contributed by atoms with van der Waals surface area (Å²) in [6, 6.07) is 6.88. The van der Waals surface area contributed by atoms with Crippen LogP contribution < -0.4 is 14.9 Å². The third-order valence-electron chi connectivity index (χ3n) is 5.42. The van der Waals surface area contributed by atoms with Crippen molar-refractivity contribution in [2.24, 2.45) is 0 Å². The molecule has 176 valence electrons. The molecule has 5 atom stereocenters. The van der Waals surface area contributed by atoms with Crippen LogP contribution in [-0.2, 0) is 4.74 Å². The number of hydrogen-bond donors (Lipinski definition) is 6. The Labute approximate surface area is 186 Å². The van der Waals surface area contributed by atoms with Gasteiger partial charge in [0.1, 0.15) is 47.6 Å². The highest BCUT2D eigenvalue weighted by Crippen LogP contribution is 2.41. The maximum atomic E-state index is 13.1. The number of aromatic hydroxyl groups is 2. The zero-order chi connectivity index (χ0) is 23.9. The van der Waals surface area contributed by atoms with E-state index < -0.39 is 48.5 Å². The summed E-state index contributed by atoms with van der Waals surface area (Å²) in [5.74, 6) is -0.787. The Morgan fingerprint density at radius 2 is 1.73 bits per heavy atom. The quantitative estimate of drug-likeness (QED) is 0.302. The summed E-state index contributed by atoms with van der Waals surface area (Å²) in [5.41, 5.74) is -0.146. The first-order chi connectivity index (χ1) is 15.8. The van der Waals surface area contributed by atoms with Crippen LogP contribution in [-0.4, -0.2) is 75.1 Å². The van der Waals surface area contributed by atoms with Crippen LogP contribution in [0.1, 0.15) is 0 Å². The average Bonchev–Trinajstić information content (AvgIpc) is 2.80. The van der Waals surface area contributed by atoms with E-state index in [1.54, 1.807) is 0 Å². The molecule has 1 aliphatic heterocycles. The minimum atomic E-state index is -1.70. The number of phenolic OH excluding ortho intramolecular Hbond substituents is 2. The highest BCUT2D eigenvalue weighted by atomic mass is 16.7. The molecule has 0 radical (unpaired) electrons. The zero-order valence-electron chi connectivity index (χ0n) is 17.3. The summed E-state index contributed by atoms with van der Waals surface area (Å²) in [6.45, 7) is -0.653. The van der Waals surface area contributed by atoms with Crippen LogP contribution >= 0.6 is 0 Å². The van der Waals surface area contributed by atoms with E-state index in [-0.39, 0.29) is 33.8 Å². The lowest BCUT2D eigenvalue weighted by Gasteiger charge is -2.39. The molecule has 1 aromatic heterocycles. The number of phenols is 2. The maximum Gasteiger partial charge on any atom is 0.229 e. The Morgan fingerprint density at radius 1 is 1.03 bits per heavy atom. The number of rotatable bonds is 5. The smallest absolute Gasteiger partial charge is 0.229 e. The van der Waals surface area contributed by atoms with Gasteiger partial charge in [-0.2, -0.15) is 0 Å². The van der Waals surface area contributed by atoms with E-state index in [1.165, 1.54) is 31.4 Å². The van der Waals surface area contributed by atoms with Crippen molar-refractivity contribution < 1.29 is 49.3 Å². The lowest BCUT2D eigenvalue weighted by atomic mass is 9.99. The molecule has 0 amide bonds. The SMILES string of the molecule is COc1c(O[C@@H]2OC(CO)[C@@H](O)C(O)C2O)cc(O)c2c(=O)c(-c3ccc(O)cc3)coc12. The van der Waals surface area contributed by atoms with E-state index >= 15 is 0 Å². The Bertz CT molecular complexity index is 1200. The first-order valence-corrected chi connectivity index (χ1v) is 9.88. The minimum absolute atomic E-state index is 0.0171. The number of benzene rings is 2. The summed E-state index contributed by atoms with van der Waals surface area (Å²) in [6.07, 6.45) is -6.54. The molecule has 1 fully saturated rings. The number of ether oxygens (including phenoxy) is 3. The van der Waals surface area contributed by atoms with E-state index in [2.05, 4.69) is 0 Å². The van der Waals surface area contributed by atoms with Crippen LogP contribution in [0.25, 0.3) is 22.1 Å². The molecule has 33 heavy (non-hydrogen) atoms. The second-order valence-electron chi connectivity index (χ2n) is 7.47. The third-order valence-corrected chi connectivity index (χ3v) is 5.42. The molecule has 2 heterocycles. The van der Waals surface area contributed by atoms with Gasteiger partial charge in [-0.15, -0.1) is 0 Å². The van der Waals surface area contributed by atoms with Crippen LogP contribution in [0.2, 0.25) is 0 Å². The molecule has 0 bridgehead atoms. The lowest BCUT2D eigenvalue weighted by molar-refractivity contribution is -0.277. The predicted molar refractivity (Wildman–Crippen MR) is 112 cm³/mol. The van der Waals surface area contributed by atoms with E-state index in [4.69, 9.17) is 18.6 Å². The lowest BCUT2D eigenvalue weighted by Crippen LogP contribution is -2.60.